The van der Waals surface area contributed by atoms with E-state index in [1.54, 1.807) is 38.1 Å². The third-order valence-electron chi connectivity index (χ3n) is 1.86. The lowest BCUT2D eigenvalue weighted by Gasteiger charge is -2.24. The summed E-state index contributed by atoms with van der Waals surface area (Å²) in [7, 11) is 0. The molecule has 0 aliphatic rings. The van der Waals surface area contributed by atoms with Crippen molar-refractivity contribution >= 4 is 17.5 Å². The molecule has 1 aromatic carbocycles. The lowest BCUT2D eigenvalue weighted by atomic mass is 10.1. The lowest BCUT2D eigenvalue weighted by molar-refractivity contribution is -0.134. The van der Waals surface area contributed by atoms with Crippen molar-refractivity contribution in [1.29, 1.82) is 0 Å². The van der Waals surface area contributed by atoms with Gasteiger partial charge in [-0.2, -0.15) is 0 Å². The molecule has 0 aliphatic carbocycles. The van der Waals surface area contributed by atoms with Gasteiger partial charge in [0.05, 0.1) is 0 Å². The van der Waals surface area contributed by atoms with E-state index in [9.17, 15) is 4.79 Å². The van der Waals surface area contributed by atoms with Gasteiger partial charge in [-0.15, -0.1) is 0 Å². The van der Waals surface area contributed by atoms with E-state index in [-0.39, 0.29) is 0 Å². The third kappa shape index (κ3) is 3.11. The first-order valence-corrected chi connectivity index (χ1v) is 4.79. The fourth-order valence-electron chi connectivity index (χ4n) is 1.02. The summed E-state index contributed by atoms with van der Waals surface area (Å²) in [4.78, 5) is 11.3. The molecule has 0 aromatic heterocycles. The largest absolute Gasteiger partial charge is 0.478 e. The molecule has 0 heterocycles. The molecule has 0 saturated heterocycles. The van der Waals surface area contributed by atoms with Crippen molar-refractivity contribution in [2.45, 2.75) is 19.4 Å². The van der Waals surface area contributed by atoms with E-state index < -0.39 is 11.5 Å². The number of carbonyl (C=O) groups is 1. The smallest absolute Gasteiger partial charge is 0.277 e. The second kappa shape index (κ2) is 4.51. The quantitative estimate of drug-likeness (QED) is 0.468. The second-order valence-corrected chi connectivity index (χ2v) is 3.98. The highest BCUT2D eigenvalue weighted by atomic mass is 35.5. The Morgan fingerprint density at radius 2 is 1.93 bits per heavy atom. The highest BCUT2D eigenvalue weighted by Crippen LogP contribution is 2.20. The summed E-state index contributed by atoms with van der Waals surface area (Å²) in [5, 5.41) is 0.614. The van der Waals surface area contributed by atoms with E-state index in [1.807, 2.05) is 5.43 Å². The molecule has 0 aliphatic heterocycles. The average Bonchev–Trinajstić information content (AvgIpc) is 2.20. The Morgan fingerprint density at radius 1 is 1.40 bits per heavy atom. The predicted octanol–water partition coefficient (Wildman–Crippen LogP) is 1.49. The number of nitrogens with one attached hydrogen (secondary N) is 1. The van der Waals surface area contributed by atoms with Crippen molar-refractivity contribution in [3.05, 3.63) is 29.3 Å². The van der Waals surface area contributed by atoms with Crippen LogP contribution in [-0.4, -0.2) is 11.5 Å². The molecule has 1 rings (SSSR count). The number of carbonyl (C=O) groups excluding carboxylic acids is 1. The maximum Gasteiger partial charge on any atom is 0.277 e. The van der Waals surface area contributed by atoms with Gasteiger partial charge in [-0.05, 0) is 38.1 Å². The summed E-state index contributed by atoms with van der Waals surface area (Å²) in [6, 6.07) is 6.75. The van der Waals surface area contributed by atoms with Crippen LogP contribution in [-0.2, 0) is 4.79 Å². The molecule has 0 fully saturated rings. The number of benzene rings is 1. The van der Waals surface area contributed by atoms with Gasteiger partial charge in [-0.3, -0.25) is 10.2 Å². The van der Waals surface area contributed by atoms with E-state index in [4.69, 9.17) is 22.2 Å². The summed E-state index contributed by atoms with van der Waals surface area (Å²) in [6.45, 7) is 3.26. The molecule has 5 heteroatoms. The normalized spacial score (nSPS) is 10.9. The predicted molar refractivity (Wildman–Crippen MR) is 58.5 cm³/mol. The topological polar surface area (TPSA) is 64.3 Å². The molecule has 3 N–H and O–H groups in total. The molecular formula is C10H13ClN2O2. The molecule has 0 unspecified atom stereocenters. The van der Waals surface area contributed by atoms with Gasteiger partial charge in [-0.25, -0.2) is 5.84 Å². The minimum Gasteiger partial charge on any atom is -0.478 e. The van der Waals surface area contributed by atoms with Crippen molar-refractivity contribution in [3.63, 3.8) is 0 Å². The van der Waals surface area contributed by atoms with Crippen molar-refractivity contribution in [2.75, 3.05) is 0 Å². The van der Waals surface area contributed by atoms with Gasteiger partial charge in [0.15, 0.2) is 5.60 Å². The third-order valence-corrected chi connectivity index (χ3v) is 2.12. The number of ether oxygens (including phenoxy) is 1. The highest BCUT2D eigenvalue weighted by Gasteiger charge is 2.29. The van der Waals surface area contributed by atoms with Gasteiger partial charge in [0.25, 0.3) is 5.91 Å². The van der Waals surface area contributed by atoms with Crippen LogP contribution in [0.1, 0.15) is 13.8 Å². The van der Waals surface area contributed by atoms with Gasteiger partial charge in [-0.1, -0.05) is 11.6 Å². The molecule has 1 amide bonds. The lowest BCUT2D eigenvalue weighted by Crippen LogP contribution is -2.49. The Kier molecular flexibility index (Phi) is 3.55. The van der Waals surface area contributed by atoms with Crippen LogP contribution in [0.15, 0.2) is 24.3 Å². The van der Waals surface area contributed by atoms with Crippen molar-refractivity contribution in [2.24, 2.45) is 5.84 Å². The standard InChI is InChI=1S/C10H13ClN2O2/c1-10(2,9(14)13-12)15-8-5-3-7(11)4-6-8/h3-6H,12H2,1-2H3,(H,13,14). The van der Waals surface area contributed by atoms with E-state index in [0.29, 0.717) is 10.8 Å². The Bertz CT molecular complexity index is 349. The van der Waals surface area contributed by atoms with Crippen LogP contribution in [0.25, 0.3) is 0 Å². The summed E-state index contributed by atoms with van der Waals surface area (Å²) in [6.07, 6.45) is 0. The van der Waals surface area contributed by atoms with Crippen LogP contribution < -0.4 is 16.0 Å². The maximum atomic E-state index is 11.3. The molecule has 82 valence electrons. The first-order valence-electron chi connectivity index (χ1n) is 4.41. The zero-order valence-electron chi connectivity index (χ0n) is 8.58. The van der Waals surface area contributed by atoms with E-state index >= 15 is 0 Å². The first-order chi connectivity index (χ1) is 6.95. The summed E-state index contributed by atoms with van der Waals surface area (Å²) in [5.74, 6) is 5.21. The van der Waals surface area contributed by atoms with Gasteiger partial charge in [0.1, 0.15) is 5.75 Å². The van der Waals surface area contributed by atoms with Crippen LogP contribution in [0.3, 0.4) is 0 Å². The summed E-state index contributed by atoms with van der Waals surface area (Å²) in [5.41, 5.74) is 1.04. The number of rotatable bonds is 3. The van der Waals surface area contributed by atoms with Gasteiger partial charge in [0.2, 0.25) is 0 Å². The molecule has 0 spiro atoms. The highest BCUT2D eigenvalue weighted by molar-refractivity contribution is 6.30. The van der Waals surface area contributed by atoms with Gasteiger partial charge < -0.3 is 4.74 Å². The Labute approximate surface area is 93.3 Å². The number of halogens is 1. The van der Waals surface area contributed by atoms with E-state index in [2.05, 4.69) is 0 Å². The number of nitrogens with two attached hydrogens (primary N) is 1. The summed E-state index contributed by atoms with van der Waals surface area (Å²) >= 11 is 5.72. The average molecular weight is 229 g/mol. The van der Waals surface area contributed by atoms with Crippen LogP contribution in [0, 0.1) is 0 Å². The Hall–Kier alpha value is -1.26. The van der Waals surface area contributed by atoms with Crippen molar-refractivity contribution in [1.82, 2.24) is 5.43 Å². The first kappa shape index (κ1) is 11.8. The van der Waals surface area contributed by atoms with Crippen LogP contribution >= 0.6 is 11.6 Å². The minimum atomic E-state index is -1.01. The molecule has 4 nitrogen and oxygen atoms in total. The summed E-state index contributed by atoms with van der Waals surface area (Å²) < 4.78 is 5.46. The zero-order chi connectivity index (χ0) is 11.5. The molecule has 15 heavy (non-hydrogen) atoms. The fourth-order valence-corrected chi connectivity index (χ4v) is 1.14. The number of hydrogen-bond acceptors (Lipinski definition) is 3. The molecule has 0 atom stereocenters. The van der Waals surface area contributed by atoms with Gasteiger partial charge in [0, 0.05) is 5.02 Å². The van der Waals surface area contributed by atoms with E-state index in [1.165, 1.54) is 0 Å². The number of hydrogen-bond donors (Lipinski definition) is 2. The number of amides is 1. The van der Waals surface area contributed by atoms with Crippen molar-refractivity contribution < 1.29 is 9.53 Å². The van der Waals surface area contributed by atoms with Crippen LogP contribution in [0.4, 0.5) is 0 Å². The zero-order valence-corrected chi connectivity index (χ0v) is 9.34. The minimum absolute atomic E-state index is 0.391. The van der Waals surface area contributed by atoms with Crippen LogP contribution in [0.5, 0.6) is 5.75 Å². The molecule has 0 bridgehead atoms. The maximum absolute atomic E-state index is 11.3. The molecule has 1 aromatic rings. The van der Waals surface area contributed by atoms with Crippen LogP contribution in [0.2, 0.25) is 5.02 Å². The Morgan fingerprint density at radius 3 is 2.40 bits per heavy atom. The Balaban J connectivity index is 2.77. The van der Waals surface area contributed by atoms with E-state index in [0.717, 1.165) is 0 Å². The fraction of sp³-hybridized carbons (Fsp3) is 0.300. The van der Waals surface area contributed by atoms with Crippen molar-refractivity contribution in [3.8, 4) is 5.75 Å². The monoisotopic (exact) mass is 228 g/mol. The van der Waals surface area contributed by atoms with Gasteiger partial charge >= 0.3 is 0 Å². The second-order valence-electron chi connectivity index (χ2n) is 3.54. The molecule has 0 radical (unpaired) electrons. The SMILES string of the molecule is CC(C)(Oc1ccc(Cl)cc1)C(=O)NN. The molecular weight excluding hydrogens is 216 g/mol. The molecule has 0 saturated carbocycles. The number of hydrazine groups is 1.